The first-order chi connectivity index (χ1) is 16.7. The van der Waals surface area contributed by atoms with Crippen LogP contribution in [0, 0.1) is 0 Å². The molecule has 6 nitrogen and oxygen atoms in total. The Kier molecular flexibility index (Phi) is 8.35. The molecule has 4 rings (SSSR count). The van der Waals surface area contributed by atoms with Crippen LogP contribution in [0.3, 0.4) is 0 Å². The molecule has 0 aliphatic rings. The first kappa shape index (κ1) is 23.6. The number of carbonyl (C=O) groups is 1. The minimum absolute atomic E-state index is 0.0497. The van der Waals surface area contributed by atoms with Gasteiger partial charge in [-0.3, -0.25) is 9.78 Å². The van der Waals surface area contributed by atoms with E-state index >= 15 is 0 Å². The first-order valence-corrected chi connectivity index (χ1v) is 12.4. The van der Waals surface area contributed by atoms with Crippen molar-refractivity contribution in [3.63, 3.8) is 0 Å². The van der Waals surface area contributed by atoms with Gasteiger partial charge in [-0.25, -0.2) is 4.98 Å². The number of oxazole rings is 1. The van der Waals surface area contributed by atoms with Gasteiger partial charge in [0.25, 0.3) is 0 Å². The number of pyridine rings is 1. The summed E-state index contributed by atoms with van der Waals surface area (Å²) in [6.07, 6.45) is 9.10. The third kappa shape index (κ3) is 6.96. The lowest BCUT2D eigenvalue weighted by Gasteiger charge is -2.05. The number of carbonyl (C=O) groups excluding carboxylic acids is 1. The topological polar surface area (TPSA) is 94.0 Å². The molecule has 2 aromatic carbocycles. The van der Waals surface area contributed by atoms with Crippen LogP contribution in [-0.4, -0.2) is 28.2 Å². The smallest absolute Gasteiger partial charge is 0.230 e. The van der Waals surface area contributed by atoms with Crippen LogP contribution in [0.5, 0.6) is 0 Å². The number of rotatable bonds is 11. The highest BCUT2D eigenvalue weighted by Gasteiger charge is 2.08. The molecule has 0 saturated carbocycles. The molecule has 2 aromatic heterocycles. The van der Waals surface area contributed by atoms with Gasteiger partial charge in [0, 0.05) is 41.5 Å². The second-order valence-electron chi connectivity index (χ2n) is 7.96. The van der Waals surface area contributed by atoms with Gasteiger partial charge in [-0.2, -0.15) is 0 Å². The van der Waals surface area contributed by atoms with Crippen LogP contribution in [-0.2, 0) is 11.2 Å². The molecule has 4 aromatic rings. The number of hydrogen-bond donors (Lipinski definition) is 2. The zero-order valence-corrected chi connectivity index (χ0v) is 19.8. The van der Waals surface area contributed by atoms with Crippen LogP contribution < -0.4 is 11.1 Å². The third-order valence-electron chi connectivity index (χ3n) is 5.36. The summed E-state index contributed by atoms with van der Waals surface area (Å²) >= 11 is 1.51. The second kappa shape index (κ2) is 12.0. The zero-order chi connectivity index (χ0) is 23.6. The fourth-order valence-corrected chi connectivity index (χ4v) is 4.22. The van der Waals surface area contributed by atoms with Crippen LogP contribution in [0.1, 0.15) is 25.2 Å². The summed E-state index contributed by atoms with van der Waals surface area (Å²) in [4.78, 5) is 21.6. The van der Waals surface area contributed by atoms with Crippen LogP contribution in [0.2, 0.25) is 0 Å². The van der Waals surface area contributed by atoms with E-state index in [4.69, 9.17) is 10.2 Å². The molecule has 0 bridgehead atoms. The predicted molar refractivity (Wildman–Crippen MR) is 137 cm³/mol. The molecular formula is C27H28N4O2S. The molecule has 7 heteroatoms. The van der Waals surface area contributed by atoms with Gasteiger partial charge < -0.3 is 15.5 Å². The van der Waals surface area contributed by atoms with Gasteiger partial charge in [-0.15, -0.1) is 11.8 Å². The van der Waals surface area contributed by atoms with Crippen LogP contribution >= 0.6 is 11.8 Å². The Bertz CT molecular complexity index is 1180. The maximum atomic E-state index is 12.0. The van der Waals surface area contributed by atoms with Crippen molar-refractivity contribution < 1.29 is 9.21 Å². The van der Waals surface area contributed by atoms with E-state index in [2.05, 4.69) is 27.4 Å². The summed E-state index contributed by atoms with van der Waals surface area (Å²) in [6.45, 7) is 0.682. The van der Waals surface area contributed by atoms with Crippen molar-refractivity contribution in [2.24, 2.45) is 0 Å². The Morgan fingerprint density at radius 2 is 1.71 bits per heavy atom. The Morgan fingerprint density at radius 1 is 0.912 bits per heavy atom. The summed E-state index contributed by atoms with van der Waals surface area (Å²) in [5, 5.41) is 2.98. The molecule has 0 atom stereocenters. The Hall–Kier alpha value is -3.58. The molecule has 34 heavy (non-hydrogen) atoms. The number of nitrogens with two attached hydrogens (primary N) is 1. The number of nitrogen functional groups attached to an aromatic ring is 1. The number of unbranched alkanes of at least 4 members (excludes halogenated alkanes) is 2. The van der Waals surface area contributed by atoms with Gasteiger partial charge in [0.05, 0.1) is 11.9 Å². The molecule has 0 aliphatic carbocycles. The fourth-order valence-electron chi connectivity index (χ4n) is 3.49. The third-order valence-corrected chi connectivity index (χ3v) is 6.37. The highest BCUT2D eigenvalue weighted by molar-refractivity contribution is 8.00. The van der Waals surface area contributed by atoms with E-state index in [9.17, 15) is 4.79 Å². The largest absolute Gasteiger partial charge is 0.441 e. The molecule has 3 N–H and O–H groups in total. The molecule has 0 spiro atoms. The van der Waals surface area contributed by atoms with E-state index in [1.54, 1.807) is 12.4 Å². The van der Waals surface area contributed by atoms with E-state index < -0.39 is 0 Å². The van der Waals surface area contributed by atoms with Crippen molar-refractivity contribution in [2.75, 3.05) is 18.0 Å². The summed E-state index contributed by atoms with van der Waals surface area (Å²) in [7, 11) is 0. The average Bonchev–Trinajstić information content (AvgIpc) is 3.35. The van der Waals surface area contributed by atoms with E-state index in [0.717, 1.165) is 64.6 Å². The molecule has 0 fully saturated rings. The zero-order valence-electron chi connectivity index (χ0n) is 18.9. The number of nitrogens with one attached hydrogen (secondary N) is 1. The number of hydrogen-bond acceptors (Lipinski definition) is 6. The van der Waals surface area contributed by atoms with E-state index in [1.165, 1.54) is 11.8 Å². The van der Waals surface area contributed by atoms with Crippen molar-refractivity contribution in [2.45, 2.75) is 30.6 Å². The van der Waals surface area contributed by atoms with Gasteiger partial charge in [0.15, 0.2) is 11.7 Å². The van der Waals surface area contributed by atoms with Crippen LogP contribution in [0.4, 0.5) is 5.69 Å². The summed E-state index contributed by atoms with van der Waals surface area (Å²) < 4.78 is 5.94. The summed E-state index contributed by atoms with van der Waals surface area (Å²) in [5.74, 6) is 1.98. The van der Waals surface area contributed by atoms with E-state index in [0.29, 0.717) is 12.3 Å². The molecule has 2 heterocycles. The number of amides is 1. The van der Waals surface area contributed by atoms with Crippen LogP contribution in [0.25, 0.3) is 22.5 Å². The molecule has 0 saturated heterocycles. The molecular weight excluding hydrogens is 444 g/mol. The van der Waals surface area contributed by atoms with Crippen molar-refractivity contribution >= 4 is 23.4 Å². The highest BCUT2D eigenvalue weighted by atomic mass is 32.2. The number of anilines is 1. The Labute approximate surface area is 204 Å². The van der Waals surface area contributed by atoms with Gasteiger partial charge in [0.1, 0.15) is 0 Å². The predicted octanol–water partition coefficient (Wildman–Crippen LogP) is 5.61. The van der Waals surface area contributed by atoms with Gasteiger partial charge in [-0.1, -0.05) is 36.8 Å². The number of aryl methyl sites for hydroxylation is 1. The van der Waals surface area contributed by atoms with Gasteiger partial charge >= 0.3 is 0 Å². The molecule has 0 unspecified atom stereocenters. The van der Waals surface area contributed by atoms with E-state index in [-0.39, 0.29) is 5.91 Å². The average molecular weight is 473 g/mol. The standard InChI is InChI=1S/C27H28N4O2S/c28-23-11-13-24(14-12-23)34-19-26(32)30-16-3-1-2-6-27-31-18-25(33-27)21-9-7-20(8-10-21)22-5-4-15-29-17-22/h4-5,7-15,17-18H,1-3,6,16,19,28H2,(H,30,32). The number of aromatic nitrogens is 2. The molecule has 1 amide bonds. The fraction of sp³-hybridized carbons (Fsp3) is 0.222. The second-order valence-corrected chi connectivity index (χ2v) is 9.00. The van der Waals surface area contributed by atoms with Crippen molar-refractivity contribution in [3.8, 4) is 22.5 Å². The Morgan fingerprint density at radius 3 is 2.47 bits per heavy atom. The van der Waals surface area contributed by atoms with E-state index in [1.807, 2.05) is 54.7 Å². The number of thioether (sulfide) groups is 1. The van der Waals surface area contributed by atoms with Gasteiger partial charge in [0.2, 0.25) is 5.91 Å². The van der Waals surface area contributed by atoms with Crippen molar-refractivity contribution in [1.29, 1.82) is 0 Å². The normalized spacial score (nSPS) is 10.8. The molecule has 174 valence electrons. The first-order valence-electron chi connectivity index (χ1n) is 11.4. The highest BCUT2D eigenvalue weighted by Crippen LogP contribution is 2.25. The van der Waals surface area contributed by atoms with Crippen molar-refractivity contribution in [3.05, 3.63) is 85.1 Å². The summed E-state index contributed by atoms with van der Waals surface area (Å²) in [6, 6.07) is 19.7. The lowest BCUT2D eigenvalue weighted by molar-refractivity contribution is -0.118. The summed E-state index contributed by atoms with van der Waals surface area (Å²) in [5.41, 5.74) is 9.61. The van der Waals surface area contributed by atoms with Crippen LogP contribution in [0.15, 0.2) is 88.6 Å². The van der Waals surface area contributed by atoms with Gasteiger partial charge in [-0.05, 0) is 54.3 Å². The van der Waals surface area contributed by atoms with Crippen molar-refractivity contribution in [1.82, 2.24) is 15.3 Å². The monoisotopic (exact) mass is 472 g/mol. The molecule has 0 aliphatic heterocycles. The maximum Gasteiger partial charge on any atom is 0.230 e. The SMILES string of the molecule is Nc1ccc(SCC(=O)NCCCCCc2ncc(-c3ccc(-c4cccnc4)cc3)o2)cc1. The quantitative estimate of drug-likeness (QED) is 0.167. The number of nitrogens with zero attached hydrogens (tertiary/aromatic N) is 2. The Balaban J connectivity index is 1.13. The lowest BCUT2D eigenvalue weighted by atomic mass is 10.1. The number of benzene rings is 2. The maximum absolute atomic E-state index is 12.0. The molecule has 0 radical (unpaired) electrons. The lowest BCUT2D eigenvalue weighted by Crippen LogP contribution is -2.26. The minimum atomic E-state index is 0.0497. The minimum Gasteiger partial charge on any atom is -0.441 e.